The van der Waals surface area contributed by atoms with Crippen LogP contribution in [-0.4, -0.2) is 102 Å². The van der Waals surface area contributed by atoms with E-state index in [0.29, 0.717) is 16.7 Å². The Morgan fingerprint density at radius 3 is 1.81 bits per heavy atom. The summed E-state index contributed by atoms with van der Waals surface area (Å²) >= 11 is 0. The van der Waals surface area contributed by atoms with Crippen LogP contribution in [0, 0.1) is 22.7 Å². The van der Waals surface area contributed by atoms with Crippen molar-refractivity contribution in [1.29, 1.82) is 0 Å². The van der Waals surface area contributed by atoms with Crippen LogP contribution >= 0.6 is 0 Å². The molecule has 16 heteroatoms. The van der Waals surface area contributed by atoms with Crippen LogP contribution < -0.4 is 5.32 Å². The Kier molecular flexibility index (Phi) is 13.8. The lowest BCUT2D eigenvalue weighted by Crippen LogP contribution is -2.80. The van der Waals surface area contributed by atoms with E-state index >= 15 is 0 Å². The van der Waals surface area contributed by atoms with E-state index in [2.05, 4.69) is 5.32 Å². The molecule has 1 amide bonds. The number of rotatable bonds is 12. The molecule has 1 saturated heterocycles. The molecule has 1 heterocycles. The first-order valence-corrected chi connectivity index (χ1v) is 22.3. The number of carbonyl (C=O) groups excluding carboxylic acids is 7. The van der Waals surface area contributed by atoms with Gasteiger partial charge in [0.05, 0.1) is 29.5 Å². The molecule has 3 aromatic rings. The number of aliphatic hydroxyl groups excluding tert-OH is 1. The number of fused-ring (bicyclic) bond motifs is 5. The molecule has 0 radical (unpaired) electrons. The van der Waals surface area contributed by atoms with Crippen LogP contribution in [0.4, 0.5) is 0 Å². The molecule has 2 saturated carbocycles. The predicted octanol–water partition coefficient (Wildman–Crippen LogP) is 5.55. The molecule has 2 unspecified atom stereocenters. The molecule has 2 N–H and O–H groups in total. The highest BCUT2D eigenvalue weighted by Gasteiger charge is 2.77. The Morgan fingerprint density at radius 1 is 0.701 bits per heavy atom. The molecule has 1 aliphatic heterocycles. The molecule has 356 valence electrons. The standard InChI is InChI=1S/C51H57NO15/c1-27-36(65-48(60)41(57)40(32-18-12-9-13-19-32)52-46(58)33-20-14-10-15-21-33)24-35-42(66-47(59)34-22-16-11-17-23-34)44-50(8,37(62-28(2)53)25-38-51(44,26-61-38)67-31(5)56)45(64-30(4)55)43(63-29(3)54)39(27)49(35,6)7/h9-23,35-38,40-45,57H,24-26H2,1-8H3,(H,52,58)/t35?,36-,37-,38+,40-,41+,42+,43+,44-,45?,50+,51-/m0/s1. The van der Waals surface area contributed by atoms with E-state index in [1.165, 1.54) is 20.8 Å². The zero-order valence-electron chi connectivity index (χ0n) is 38.7. The number of esters is 6. The minimum atomic E-state index is -1.97. The van der Waals surface area contributed by atoms with Crippen molar-refractivity contribution in [1.82, 2.24) is 5.32 Å². The van der Waals surface area contributed by atoms with Gasteiger partial charge in [-0.2, -0.15) is 0 Å². The van der Waals surface area contributed by atoms with Gasteiger partial charge in [0.15, 0.2) is 23.9 Å². The van der Waals surface area contributed by atoms with E-state index in [1.807, 2.05) is 13.8 Å². The average Bonchev–Trinajstić information content (AvgIpc) is 3.27. The molecule has 7 rings (SSSR count). The second-order valence-corrected chi connectivity index (χ2v) is 18.6. The summed E-state index contributed by atoms with van der Waals surface area (Å²) in [5.74, 6) is -7.61. The number of ether oxygens (including phenoxy) is 7. The van der Waals surface area contributed by atoms with Crippen LogP contribution in [0.2, 0.25) is 0 Å². The largest absolute Gasteiger partial charge is 0.462 e. The van der Waals surface area contributed by atoms with Crippen LogP contribution in [-0.2, 0) is 57.1 Å². The number of hydrogen-bond donors (Lipinski definition) is 2. The van der Waals surface area contributed by atoms with Crippen LogP contribution in [0.1, 0.15) is 101 Å². The van der Waals surface area contributed by atoms with Crippen molar-refractivity contribution in [2.75, 3.05) is 6.61 Å². The van der Waals surface area contributed by atoms with Crippen molar-refractivity contribution in [3.05, 3.63) is 119 Å². The van der Waals surface area contributed by atoms with Gasteiger partial charge < -0.3 is 43.6 Å². The fourth-order valence-electron chi connectivity index (χ4n) is 11.2. The number of benzene rings is 3. The molecule has 0 spiro atoms. The van der Waals surface area contributed by atoms with E-state index in [-0.39, 0.29) is 30.6 Å². The zero-order chi connectivity index (χ0) is 48.6. The normalized spacial score (nSPS) is 30.1. The lowest BCUT2D eigenvalue weighted by atomic mass is 9.45. The maximum atomic E-state index is 14.6. The summed E-state index contributed by atoms with van der Waals surface area (Å²) < 4.78 is 44.2. The van der Waals surface area contributed by atoms with Gasteiger partial charge in [-0.1, -0.05) is 87.5 Å². The number of hydrogen-bond acceptors (Lipinski definition) is 15. The Labute approximate surface area is 388 Å². The summed E-state index contributed by atoms with van der Waals surface area (Å²) in [6.45, 7) is 11.6. The van der Waals surface area contributed by atoms with E-state index in [0.717, 1.165) is 6.92 Å². The molecule has 67 heavy (non-hydrogen) atoms. The maximum Gasteiger partial charge on any atom is 0.338 e. The lowest BCUT2D eigenvalue weighted by molar-refractivity contribution is -0.355. The quantitative estimate of drug-likeness (QED) is 0.129. The Morgan fingerprint density at radius 2 is 1.27 bits per heavy atom. The molecule has 3 fully saturated rings. The van der Waals surface area contributed by atoms with Crippen LogP contribution in [0.3, 0.4) is 0 Å². The second kappa shape index (κ2) is 19.1. The van der Waals surface area contributed by atoms with E-state index in [1.54, 1.807) is 105 Å². The number of amides is 1. The summed E-state index contributed by atoms with van der Waals surface area (Å²) in [7, 11) is 0. The van der Waals surface area contributed by atoms with Crippen molar-refractivity contribution >= 4 is 41.7 Å². The minimum absolute atomic E-state index is 0.0582. The summed E-state index contributed by atoms with van der Waals surface area (Å²) in [6.07, 6.45) is -9.82. The first-order chi connectivity index (χ1) is 31.7. The lowest BCUT2D eigenvalue weighted by Gasteiger charge is -2.68. The topological polar surface area (TPSA) is 216 Å². The van der Waals surface area contributed by atoms with Gasteiger partial charge >= 0.3 is 35.8 Å². The highest BCUT2D eigenvalue weighted by Crippen LogP contribution is 2.65. The fourth-order valence-corrected chi connectivity index (χ4v) is 11.2. The average molecular weight is 924 g/mol. The molecule has 2 bridgehead atoms. The van der Waals surface area contributed by atoms with Gasteiger partial charge in [-0.3, -0.25) is 24.0 Å². The predicted molar refractivity (Wildman–Crippen MR) is 236 cm³/mol. The summed E-state index contributed by atoms with van der Waals surface area (Å²) in [6, 6.07) is 23.6. The molecule has 4 aliphatic rings. The van der Waals surface area contributed by atoms with Gasteiger partial charge in [0, 0.05) is 45.6 Å². The van der Waals surface area contributed by atoms with Crippen LogP contribution in [0.15, 0.2) is 102 Å². The SMILES string of the molecule is CC(=O)OC1[C@H](OC(C)=O)C2=C(C)[C@@H](OC(=O)[C@H](O)[C@@H](NC(=O)c3ccccc3)c3ccccc3)CC([C@@H](OC(=O)c3ccccc3)[C@@H]3[C@]4(OC(C)=O)CO[C@@H]4C[C@H](OC(C)=O)[C@@]13C)C2(C)C. The molecular formula is C51H57NO15. The van der Waals surface area contributed by atoms with E-state index < -0.39 is 119 Å². The van der Waals surface area contributed by atoms with Crippen molar-refractivity contribution in [3.63, 3.8) is 0 Å². The van der Waals surface area contributed by atoms with Crippen molar-refractivity contribution in [2.24, 2.45) is 22.7 Å². The minimum Gasteiger partial charge on any atom is -0.462 e. The van der Waals surface area contributed by atoms with Gasteiger partial charge in [-0.05, 0) is 59.7 Å². The Balaban J connectivity index is 1.43. The van der Waals surface area contributed by atoms with E-state index in [4.69, 9.17) is 33.2 Å². The summed E-state index contributed by atoms with van der Waals surface area (Å²) in [5, 5.41) is 14.7. The monoisotopic (exact) mass is 923 g/mol. The van der Waals surface area contributed by atoms with Gasteiger partial charge in [-0.15, -0.1) is 0 Å². The molecule has 3 aromatic carbocycles. The summed E-state index contributed by atoms with van der Waals surface area (Å²) in [5.41, 5.74) is -2.92. The fraction of sp³-hybridized carbons (Fsp3) is 0.471. The first-order valence-electron chi connectivity index (χ1n) is 22.3. The van der Waals surface area contributed by atoms with Gasteiger partial charge in [0.25, 0.3) is 5.91 Å². The molecule has 0 aromatic heterocycles. The third-order valence-corrected chi connectivity index (χ3v) is 14.0. The highest BCUT2D eigenvalue weighted by atomic mass is 16.6. The van der Waals surface area contributed by atoms with Crippen molar-refractivity contribution in [3.8, 4) is 0 Å². The second-order valence-electron chi connectivity index (χ2n) is 18.6. The summed E-state index contributed by atoms with van der Waals surface area (Å²) in [4.78, 5) is 95.9. The zero-order valence-corrected chi connectivity index (χ0v) is 38.7. The Hall–Kier alpha value is -6.39. The third-order valence-electron chi connectivity index (χ3n) is 14.0. The molecule has 3 aliphatic carbocycles. The third kappa shape index (κ3) is 9.20. The number of carbonyl (C=O) groups is 7. The highest BCUT2D eigenvalue weighted by molar-refractivity contribution is 5.95. The van der Waals surface area contributed by atoms with Crippen LogP contribution in [0.25, 0.3) is 0 Å². The maximum absolute atomic E-state index is 14.6. The molecular weight excluding hydrogens is 867 g/mol. The molecule has 16 nitrogen and oxygen atoms in total. The smallest absolute Gasteiger partial charge is 0.338 e. The van der Waals surface area contributed by atoms with Gasteiger partial charge in [0.1, 0.15) is 24.4 Å². The Bertz CT molecular complexity index is 2420. The van der Waals surface area contributed by atoms with Gasteiger partial charge in [0.2, 0.25) is 0 Å². The number of aliphatic hydroxyl groups is 1. The van der Waals surface area contributed by atoms with Crippen LogP contribution in [0.5, 0.6) is 0 Å². The van der Waals surface area contributed by atoms with Crippen molar-refractivity contribution in [2.45, 2.75) is 123 Å². The number of nitrogens with one attached hydrogen (secondary N) is 1. The van der Waals surface area contributed by atoms with E-state index in [9.17, 15) is 38.7 Å². The van der Waals surface area contributed by atoms with Crippen molar-refractivity contribution < 1.29 is 71.8 Å². The first kappa shape index (κ1) is 48.5. The molecule has 12 atom stereocenters. The van der Waals surface area contributed by atoms with Gasteiger partial charge in [-0.25, -0.2) is 9.59 Å².